The fraction of sp³-hybridized carbons (Fsp3) is 0.158. The van der Waals surface area contributed by atoms with Crippen LogP contribution in [0.25, 0.3) is 16.7 Å². The van der Waals surface area contributed by atoms with Crippen molar-refractivity contribution in [1.29, 1.82) is 5.26 Å². The number of aromatic amines is 1. The van der Waals surface area contributed by atoms with Gasteiger partial charge in [-0.2, -0.15) is 20.3 Å². The van der Waals surface area contributed by atoms with Gasteiger partial charge in [-0.1, -0.05) is 12.1 Å². The third-order valence-corrected chi connectivity index (χ3v) is 4.72. The van der Waals surface area contributed by atoms with E-state index in [9.17, 15) is 18.8 Å². The SMILES string of the molecule is C[C@@H](Nc1nc(N)nc(N)c1C#N)c1nc2cccc(C(F)F)c2c(=O)n1-c1ccn[nH]1. The van der Waals surface area contributed by atoms with Crippen LogP contribution in [-0.2, 0) is 0 Å². The van der Waals surface area contributed by atoms with Gasteiger partial charge in [0.1, 0.15) is 29.1 Å². The maximum absolute atomic E-state index is 13.6. The highest BCUT2D eigenvalue weighted by molar-refractivity contribution is 5.82. The zero-order chi connectivity index (χ0) is 23.0. The first-order chi connectivity index (χ1) is 15.3. The quantitative estimate of drug-likeness (QED) is 0.363. The molecule has 0 saturated heterocycles. The van der Waals surface area contributed by atoms with Crippen LogP contribution in [0.2, 0.25) is 0 Å². The Hall–Kier alpha value is -4.60. The molecule has 162 valence electrons. The molecule has 0 unspecified atom stereocenters. The first-order valence-corrected chi connectivity index (χ1v) is 9.25. The van der Waals surface area contributed by atoms with E-state index < -0.39 is 23.6 Å². The molecule has 0 radical (unpaired) electrons. The third kappa shape index (κ3) is 3.43. The summed E-state index contributed by atoms with van der Waals surface area (Å²) in [5.41, 5.74) is 10.3. The number of nitrogens with one attached hydrogen (secondary N) is 2. The van der Waals surface area contributed by atoms with E-state index in [2.05, 4.69) is 30.5 Å². The second kappa shape index (κ2) is 7.91. The number of nitrogens with two attached hydrogens (primary N) is 2. The number of halogens is 2. The number of nitrogens with zero attached hydrogens (tertiary/aromatic N) is 6. The van der Waals surface area contributed by atoms with Gasteiger partial charge in [0.05, 0.1) is 23.1 Å². The van der Waals surface area contributed by atoms with Crippen LogP contribution < -0.4 is 22.3 Å². The van der Waals surface area contributed by atoms with Crippen molar-refractivity contribution in [1.82, 2.24) is 29.7 Å². The number of nitrogen functional groups attached to an aromatic ring is 2. The van der Waals surface area contributed by atoms with Crippen LogP contribution in [0.4, 0.5) is 26.4 Å². The number of aromatic nitrogens is 6. The zero-order valence-corrected chi connectivity index (χ0v) is 16.5. The molecule has 0 spiro atoms. The van der Waals surface area contributed by atoms with Gasteiger partial charge in [-0.25, -0.2) is 18.3 Å². The number of hydrogen-bond donors (Lipinski definition) is 4. The molecule has 0 saturated carbocycles. The van der Waals surface area contributed by atoms with E-state index in [0.717, 1.165) is 4.57 Å². The highest BCUT2D eigenvalue weighted by Crippen LogP contribution is 2.28. The van der Waals surface area contributed by atoms with Crippen molar-refractivity contribution in [3.63, 3.8) is 0 Å². The number of alkyl halides is 2. The minimum absolute atomic E-state index is 0.0387. The van der Waals surface area contributed by atoms with Gasteiger partial charge >= 0.3 is 0 Å². The van der Waals surface area contributed by atoms with E-state index in [1.54, 1.807) is 6.92 Å². The molecule has 6 N–H and O–H groups in total. The Kier molecular flexibility index (Phi) is 5.11. The van der Waals surface area contributed by atoms with Gasteiger partial charge in [-0.05, 0) is 13.0 Å². The van der Waals surface area contributed by atoms with E-state index in [0.29, 0.717) is 0 Å². The lowest BCUT2D eigenvalue weighted by Gasteiger charge is -2.20. The molecule has 0 aliphatic carbocycles. The van der Waals surface area contributed by atoms with Crippen molar-refractivity contribution in [2.24, 2.45) is 0 Å². The Morgan fingerprint density at radius 2 is 2.00 bits per heavy atom. The molecule has 3 heterocycles. The molecule has 4 rings (SSSR count). The molecule has 0 aliphatic rings. The van der Waals surface area contributed by atoms with Crippen LogP contribution in [0.3, 0.4) is 0 Å². The monoisotopic (exact) mass is 438 g/mol. The van der Waals surface area contributed by atoms with Gasteiger partial charge in [-0.15, -0.1) is 0 Å². The highest BCUT2D eigenvalue weighted by atomic mass is 19.3. The first kappa shape index (κ1) is 20.7. The van der Waals surface area contributed by atoms with E-state index in [-0.39, 0.29) is 45.7 Å². The molecular weight excluding hydrogens is 422 g/mol. The minimum Gasteiger partial charge on any atom is -0.382 e. The van der Waals surface area contributed by atoms with Gasteiger partial charge in [-0.3, -0.25) is 9.89 Å². The summed E-state index contributed by atoms with van der Waals surface area (Å²) in [5.74, 6) is 0.137. The lowest BCUT2D eigenvalue weighted by Crippen LogP contribution is -2.28. The van der Waals surface area contributed by atoms with Crippen LogP contribution in [-0.4, -0.2) is 29.7 Å². The Bertz CT molecular complexity index is 1410. The lowest BCUT2D eigenvalue weighted by atomic mass is 10.1. The summed E-state index contributed by atoms with van der Waals surface area (Å²) in [7, 11) is 0. The second-order valence-electron chi connectivity index (χ2n) is 6.76. The van der Waals surface area contributed by atoms with E-state index in [1.807, 2.05) is 6.07 Å². The molecule has 0 amide bonds. The maximum atomic E-state index is 13.6. The summed E-state index contributed by atoms with van der Waals surface area (Å²) < 4.78 is 28.3. The van der Waals surface area contributed by atoms with Crippen molar-refractivity contribution in [3.05, 3.63) is 57.8 Å². The van der Waals surface area contributed by atoms with Gasteiger partial charge in [0.15, 0.2) is 5.82 Å². The molecule has 32 heavy (non-hydrogen) atoms. The fourth-order valence-electron chi connectivity index (χ4n) is 3.33. The van der Waals surface area contributed by atoms with Crippen molar-refractivity contribution in [2.45, 2.75) is 19.4 Å². The van der Waals surface area contributed by atoms with Crippen molar-refractivity contribution >= 4 is 28.5 Å². The zero-order valence-electron chi connectivity index (χ0n) is 16.5. The predicted octanol–water partition coefficient (Wildman–Crippen LogP) is 2.05. The van der Waals surface area contributed by atoms with Crippen LogP contribution in [0, 0.1) is 11.3 Å². The molecule has 0 fully saturated rings. The molecule has 13 heteroatoms. The maximum Gasteiger partial charge on any atom is 0.267 e. The summed E-state index contributed by atoms with van der Waals surface area (Å²) in [6.45, 7) is 1.65. The molecule has 0 aliphatic heterocycles. The summed E-state index contributed by atoms with van der Waals surface area (Å²) in [5, 5.41) is 18.6. The van der Waals surface area contributed by atoms with E-state index in [4.69, 9.17) is 11.5 Å². The number of rotatable bonds is 5. The van der Waals surface area contributed by atoms with Crippen LogP contribution in [0.5, 0.6) is 0 Å². The average Bonchev–Trinajstić information content (AvgIpc) is 3.27. The smallest absolute Gasteiger partial charge is 0.267 e. The largest absolute Gasteiger partial charge is 0.382 e. The number of fused-ring (bicyclic) bond motifs is 1. The molecule has 0 bridgehead atoms. The fourth-order valence-corrected chi connectivity index (χ4v) is 3.33. The molecule has 11 nitrogen and oxygen atoms in total. The van der Waals surface area contributed by atoms with Gasteiger partial charge in [0, 0.05) is 11.6 Å². The van der Waals surface area contributed by atoms with Crippen molar-refractivity contribution in [2.75, 3.05) is 16.8 Å². The lowest BCUT2D eigenvalue weighted by molar-refractivity contribution is 0.153. The Labute approximate surface area is 178 Å². The standard InChI is InChI=1S/C19H16F2N10O/c1-8(26-16-10(7-22)15(23)28-19(24)29-16)17-27-11-4-2-3-9(14(20)21)13(11)18(32)31(17)12-5-6-25-30-12/h2-6,8,14H,1H3,(H,25,30)(H5,23,24,26,28,29)/t8-/m1/s1. The van der Waals surface area contributed by atoms with Gasteiger partial charge in [0.25, 0.3) is 12.0 Å². The summed E-state index contributed by atoms with van der Waals surface area (Å²) in [6, 6.07) is 6.70. The summed E-state index contributed by atoms with van der Waals surface area (Å²) >= 11 is 0. The Morgan fingerprint density at radius 1 is 1.22 bits per heavy atom. The Balaban J connectivity index is 1.94. The van der Waals surface area contributed by atoms with Crippen LogP contribution in [0.15, 0.2) is 35.3 Å². The first-order valence-electron chi connectivity index (χ1n) is 9.25. The van der Waals surface area contributed by atoms with Crippen LogP contribution >= 0.6 is 0 Å². The number of H-pyrrole nitrogens is 1. The predicted molar refractivity (Wildman–Crippen MR) is 112 cm³/mol. The normalized spacial score (nSPS) is 12.1. The number of anilines is 3. The number of nitriles is 1. The third-order valence-electron chi connectivity index (χ3n) is 4.72. The molecule has 1 aromatic carbocycles. The van der Waals surface area contributed by atoms with E-state index >= 15 is 0 Å². The molecule has 1 atom stereocenters. The molecular formula is C19H16F2N10O. The number of hydrogen-bond acceptors (Lipinski definition) is 9. The van der Waals surface area contributed by atoms with E-state index in [1.165, 1.54) is 30.5 Å². The molecule has 3 aromatic heterocycles. The van der Waals surface area contributed by atoms with Crippen LogP contribution in [0.1, 0.15) is 36.3 Å². The van der Waals surface area contributed by atoms with Crippen molar-refractivity contribution < 1.29 is 8.78 Å². The average molecular weight is 438 g/mol. The van der Waals surface area contributed by atoms with Gasteiger partial charge in [0.2, 0.25) is 5.95 Å². The Morgan fingerprint density at radius 3 is 2.66 bits per heavy atom. The topological polar surface area (TPSA) is 177 Å². The minimum atomic E-state index is -2.87. The van der Waals surface area contributed by atoms with Gasteiger partial charge < -0.3 is 16.8 Å². The second-order valence-corrected chi connectivity index (χ2v) is 6.76. The summed E-state index contributed by atoms with van der Waals surface area (Å²) in [4.78, 5) is 25.6. The van der Waals surface area contributed by atoms with Crippen molar-refractivity contribution in [3.8, 4) is 11.9 Å². The number of benzene rings is 1. The molecule has 4 aromatic rings. The highest BCUT2D eigenvalue weighted by Gasteiger charge is 2.24. The summed E-state index contributed by atoms with van der Waals surface area (Å²) in [6.07, 6.45) is -1.46.